The van der Waals surface area contributed by atoms with Gasteiger partial charge < -0.3 is 14.8 Å². The molecule has 0 amide bonds. The standard InChI is InChI=1S/C13H9F3N7O4P/c14-13(15,16)6-1-7-9(2-8(6)22-5-17-4-18-22)23-10(3-28(25,26)27)20-21-11(23)12(24)19-7/h1-2,4-5H,3H2,(H,19,24)(H2,25,26,27). The van der Waals surface area contributed by atoms with Crippen molar-refractivity contribution in [2.24, 2.45) is 0 Å². The number of hydrogen-bond acceptors (Lipinski definition) is 6. The summed E-state index contributed by atoms with van der Waals surface area (Å²) in [5.41, 5.74) is -2.90. The molecule has 1 aromatic carbocycles. The third-order valence-electron chi connectivity index (χ3n) is 3.85. The van der Waals surface area contributed by atoms with Gasteiger partial charge in [-0.05, 0) is 12.1 Å². The summed E-state index contributed by atoms with van der Waals surface area (Å²) < 4.78 is 53.9. The van der Waals surface area contributed by atoms with Crippen LogP contribution in [0.25, 0.3) is 22.4 Å². The minimum atomic E-state index is -4.77. The van der Waals surface area contributed by atoms with Crippen molar-refractivity contribution in [1.82, 2.24) is 34.3 Å². The maximum atomic E-state index is 13.5. The van der Waals surface area contributed by atoms with Gasteiger partial charge in [-0.1, -0.05) is 0 Å². The Bertz CT molecular complexity index is 1310. The van der Waals surface area contributed by atoms with Crippen LogP contribution < -0.4 is 5.56 Å². The molecule has 0 unspecified atom stereocenters. The lowest BCUT2D eigenvalue weighted by molar-refractivity contribution is -0.137. The largest absolute Gasteiger partial charge is 0.418 e. The Labute approximate surface area is 151 Å². The second-order valence-corrected chi connectivity index (χ2v) is 7.42. The normalized spacial score (nSPS) is 12.9. The van der Waals surface area contributed by atoms with Gasteiger partial charge in [-0.15, -0.1) is 10.2 Å². The smallest absolute Gasteiger partial charge is 0.324 e. The monoisotopic (exact) mass is 415 g/mol. The highest BCUT2D eigenvalue weighted by molar-refractivity contribution is 7.50. The summed E-state index contributed by atoms with van der Waals surface area (Å²) in [5.74, 6) is -0.274. The van der Waals surface area contributed by atoms with E-state index in [1.54, 1.807) is 0 Å². The number of halogens is 3. The third-order valence-corrected chi connectivity index (χ3v) is 4.55. The summed E-state index contributed by atoms with van der Waals surface area (Å²) in [5, 5.41) is 10.9. The Kier molecular flexibility index (Phi) is 3.89. The number of rotatable bonds is 3. The van der Waals surface area contributed by atoms with Gasteiger partial charge in [-0.25, -0.2) is 9.67 Å². The van der Waals surface area contributed by atoms with E-state index in [1.807, 2.05) is 0 Å². The van der Waals surface area contributed by atoms with Crippen molar-refractivity contribution < 1.29 is 27.5 Å². The van der Waals surface area contributed by atoms with Gasteiger partial charge >= 0.3 is 13.8 Å². The van der Waals surface area contributed by atoms with Crippen LogP contribution in [0.3, 0.4) is 0 Å². The van der Waals surface area contributed by atoms with Gasteiger partial charge in [0.1, 0.15) is 24.6 Å². The molecular weight excluding hydrogens is 406 g/mol. The number of H-pyrrole nitrogens is 1. The van der Waals surface area contributed by atoms with Gasteiger partial charge in [0.15, 0.2) is 0 Å². The van der Waals surface area contributed by atoms with Crippen LogP contribution in [0.4, 0.5) is 13.2 Å². The number of aromatic amines is 1. The molecule has 28 heavy (non-hydrogen) atoms. The molecule has 3 aromatic heterocycles. The predicted octanol–water partition coefficient (Wildman–Crippen LogP) is 0.848. The molecule has 0 spiro atoms. The first kappa shape index (κ1) is 18.3. The van der Waals surface area contributed by atoms with E-state index in [4.69, 9.17) is 0 Å². The molecule has 0 aliphatic rings. The lowest BCUT2D eigenvalue weighted by Gasteiger charge is -2.15. The van der Waals surface area contributed by atoms with Crippen LogP contribution in [-0.4, -0.2) is 44.1 Å². The first-order chi connectivity index (χ1) is 13.0. The summed E-state index contributed by atoms with van der Waals surface area (Å²) in [6.07, 6.45) is -3.53. The molecule has 0 saturated heterocycles. The fourth-order valence-corrected chi connectivity index (χ4v) is 3.37. The Morgan fingerprint density at radius 2 is 1.96 bits per heavy atom. The van der Waals surface area contributed by atoms with Crippen molar-refractivity contribution in [3.63, 3.8) is 0 Å². The maximum absolute atomic E-state index is 13.5. The summed E-state index contributed by atoms with van der Waals surface area (Å²) in [6, 6.07) is 1.76. The summed E-state index contributed by atoms with van der Waals surface area (Å²) in [4.78, 5) is 36.5. The second-order valence-electron chi connectivity index (χ2n) is 5.78. The van der Waals surface area contributed by atoms with E-state index < -0.39 is 36.7 Å². The Morgan fingerprint density at radius 1 is 1.21 bits per heavy atom. The number of nitrogens with zero attached hydrogens (tertiary/aromatic N) is 6. The van der Waals surface area contributed by atoms with E-state index in [-0.39, 0.29) is 22.5 Å². The first-order valence-electron chi connectivity index (χ1n) is 7.45. The number of hydrogen-bond donors (Lipinski definition) is 3. The van der Waals surface area contributed by atoms with E-state index in [9.17, 15) is 32.3 Å². The van der Waals surface area contributed by atoms with Crippen LogP contribution in [0.5, 0.6) is 0 Å². The summed E-state index contributed by atoms with van der Waals surface area (Å²) in [6.45, 7) is 0. The van der Waals surface area contributed by atoms with Gasteiger partial charge in [-0.2, -0.15) is 18.3 Å². The molecule has 3 N–H and O–H groups in total. The van der Waals surface area contributed by atoms with Crippen molar-refractivity contribution in [3.8, 4) is 5.69 Å². The molecule has 146 valence electrons. The average Bonchev–Trinajstić information content (AvgIpc) is 3.22. The number of aromatic nitrogens is 7. The molecule has 0 bridgehead atoms. The molecule has 3 heterocycles. The molecule has 0 saturated carbocycles. The Morgan fingerprint density at radius 3 is 2.57 bits per heavy atom. The number of nitrogens with one attached hydrogen (secondary N) is 1. The van der Waals surface area contributed by atoms with E-state index in [1.165, 1.54) is 0 Å². The van der Waals surface area contributed by atoms with Crippen LogP contribution in [0.2, 0.25) is 0 Å². The SMILES string of the molecule is O=c1[nH]c2cc(C(F)(F)F)c(-n3cncn3)cc2n2c(CP(=O)(O)O)nnc12. The fraction of sp³-hybridized carbons (Fsp3) is 0.154. The quantitative estimate of drug-likeness (QED) is 0.417. The van der Waals surface area contributed by atoms with Gasteiger partial charge in [-0.3, -0.25) is 13.8 Å². The first-order valence-corrected chi connectivity index (χ1v) is 9.25. The molecule has 0 aliphatic heterocycles. The lowest BCUT2D eigenvalue weighted by atomic mass is 10.1. The topological polar surface area (TPSA) is 151 Å². The fourth-order valence-electron chi connectivity index (χ4n) is 2.79. The van der Waals surface area contributed by atoms with Gasteiger partial charge in [0, 0.05) is 0 Å². The minimum absolute atomic E-state index is 0.00144. The van der Waals surface area contributed by atoms with Crippen LogP contribution >= 0.6 is 7.60 Å². The molecule has 0 radical (unpaired) electrons. The zero-order valence-electron chi connectivity index (χ0n) is 13.5. The predicted molar refractivity (Wildman–Crippen MR) is 86.8 cm³/mol. The number of alkyl halides is 3. The molecule has 11 nitrogen and oxygen atoms in total. The van der Waals surface area contributed by atoms with Crippen LogP contribution in [0.15, 0.2) is 29.6 Å². The van der Waals surface area contributed by atoms with Crippen molar-refractivity contribution in [1.29, 1.82) is 0 Å². The van der Waals surface area contributed by atoms with Crippen molar-refractivity contribution in [3.05, 3.63) is 46.5 Å². The molecule has 15 heteroatoms. The van der Waals surface area contributed by atoms with Gasteiger partial charge in [0.2, 0.25) is 5.65 Å². The van der Waals surface area contributed by atoms with Gasteiger partial charge in [0.05, 0.1) is 22.3 Å². The van der Waals surface area contributed by atoms with E-state index in [2.05, 4.69) is 25.3 Å². The Balaban J connectivity index is 2.13. The van der Waals surface area contributed by atoms with Crippen LogP contribution in [0.1, 0.15) is 11.4 Å². The minimum Gasteiger partial charge on any atom is -0.324 e. The molecule has 4 rings (SSSR count). The van der Waals surface area contributed by atoms with Crippen molar-refractivity contribution in [2.45, 2.75) is 12.3 Å². The highest BCUT2D eigenvalue weighted by atomic mass is 31.2. The Hall–Kier alpha value is -3.09. The molecule has 0 atom stereocenters. The second kappa shape index (κ2) is 5.95. The molecular formula is C13H9F3N7O4P. The number of benzene rings is 1. The molecule has 4 aromatic rings. The van der Waals surface area contributed by atoms with E-state index in [0.717, 1.165) is 27.8 Å². The summed E-state index contributed by atoms with van der Waals surface area (Å²) >= 11 is 0. The molecule has 0 fully saturated rings. The molecule has 0 aliphatic carbocycles. The third kappa shape index (κ3) is 3.06. The van der Waals surface area contributed by atoms with Crippen LogP contribution in [0, 0.1) is 0 Å². The van der Waals surface area contributed by atoms with Gasteiger partial charge in [0.25, 0.3) is 5.56 Å². The lowest BCUT2D eigenvalue weighted by Crippen LogP contribution is -2.16. The van der Waals surface area contributed by atoms with Crippen LogP contribution in [-0.2, 0) is 16.9 Å². The van der Waals surface area contributed by atoms with E-state index >= 15 is 0 Å². The zero-order valence-corrected chi connectivity index (χ0v) is 14.4. The summed E-state index contributed by atoms with van der Waals surface area (Å²) in [7, 11) is -4.59. The average molecular weight is 415 g/mol. The zero-order chi connectivity index (χ0) is 20.3. The van der Waals surface area contributed by atoms with Crippen molar-refractivity contribution >= 4 is 24.3 Å². The maximum Gasteiger partial charge on any atom is 0.418 e. The van der Waals surface area contributed by atoms with Crippen molar-refractivity contribution in [2.75, 3.05) is 0 Å². The highest BCUT2D eigenvalue weighted by Gasteiger charge is 2.35. The highest BCUT2D eigenvalue weighted by Crippen LogP contribution is 2.39. The number of fused-ring (bicyclic) bond motifs is 3. The van der Waals surface area contributed by atoms with E-state index in [0.29, 0.717) is 6.07 Å².